The van der Waals surface area contributed by atoms with Crippen LogP contribution in [0, 0.1) is 17.2 Å². The Balaban J connectivity index is 1.85. The van der Waals surface area contributed by atoms with Crippen LogP contribution in [-0.4, -0.2) is 30.4 Å². The van der Waals surface area contributed by atoms with Crippen molar-refractivity contribution in [2.75, 3.05) is 13.7 Å². The standard InChI is InChI=1S/C25H28N2O4/c1-3-4-15-27-23(28)14-13-22(24(27)18-9-11-21(30-2)12-10-18)25(29)31-17-20-8-6-5-7-19(20)16-26/h5-12,22,24H,3-4,13-15,17H2,1-2H3/t22-,24-/m1/s1. The maximum absolute atomic E-state index is 13.1. The number of benzene rings is 2. The van der Waals surface area contributed by atoms with E-state index in [-0.39, 0.29) is 24.5 Å². The molecule has 6 nitrogen and oxygen atoms in total. The highest BCUT2D eigenvalue weighted by Crippen LogP contribution is 2.38. The number of unbranched alkanes of at least 4 members (excludes halogenated alkanes) is 1. The molecule has 6 heteroatoms. The van der Waals surface area contributed by atoms with E-state index in [1.54, 1.807) is 25.3 Å². The number of ether oxygens (including phenoxy) is 2. The predicted molar refractivity (Wildman–Crippen MR) is 116 cm³/mol. The van der Waals surface area contributed by atoms with Crippen molar-refractivity contribution in [2.24, 2.45) is 5.92 Å². The highest BCUT2D eigenvalue weighted by Gasteiger charge is 2.41. The lowest BCUT2D eigenvalue weighted by molar-refractivity contribution is -0.158. The van der Waals surface area contributed by atoms with Gasteiger partial charge in [0.15, 0.2) is 0 Å². The Morgan fingerprint density at radius 3 is 2.61 bits per heavy atom. The van der Waals surface area contributed by atoms with E-state index in [2.05, 4.69) is 13.0 Å². The number of rotatable bonds is 8. The minimum atomic E-state index is -0.461. The third-order valence-electron chi connectivity index (χ3n) is 5.73. The average Bonchev–Trinajstić information content (AvgIpc) is 2.81. The number of nitriles is 1. The molecule has 1 fully saturated rings. The number of hydrogen-bond acceptors (Lipinski definition) is 5. The van der Waals surface area contributed by atoms with E-state index in [0.717, 1.165) is 24.2 Å². The molecule has 1 aliphatic heterocycles. The number of methoxy groups -OCH3 is 1. The van der Waals surface area contributed by atoms with Crippen LogP contribution >= 0.6 is 0 Å². The molecule has 31 heavy (non-hydrogen) atoms. The summed E-state index contributed by atoms with van der Waals surface area (Å²) in [6.07, 6.45) is 2.59. The van der Waals surface area contributed by atoms with Gasteiger partial charge >= 0.3 is 5.97 Å². The Kier molecular flexibility index (Phi) is 7.66. The van der Waals surface area contributed by atoms with E-state index in [9.17, 15) is 14.9 Å². The van der Waals surface area contributed by atoms with Gasteiger partial charge in [-0.15, -0.1) is 0 Å². The monoisotopic (exact) mass is 420 g/mol. The van der Waals surface area contributed by atoms with Crippen molar-refractivity contribution >= 4 is 11.9 Å². The molecule has 2 aromatic carbocycles. The number of likely N-dealkylation sites (tertiary alicyclic amines) is 1. The summed E-state index contributed by atoms with van der Waals surface area (Å²) >= 11 is 0. The minimum absolute atomic E-state index is 0.0390. The number of nitrogens with zero attached hydrogens (tertiary/aromatic N) is 2. The van der Waals surface area contributed by atoms with Gasteiger partial charge in [-0.3, -0.25) is 9.59 Å². The Bertz CT molecular complexity index is 949. The lowest BCUT2D eigenvalue weighted by atomic mass is 9.84. The lowest BCUT2D eigenvalue weighted by Crippen LogP contribution is -2.46. The van der Waals surface area contributed by atoms with Crippen LogP contribution < -0.4 is 4.74 Å². The average molecular weight is 421 g/mol. The Hall–Kier alpha value is -3.33. The van der Waals surface area contributed by atoms with Crippen LogP contribution in [0.4, 0.5) is 0 Å². The molecular formula is C25H28N2O4. The topological polar surface area (TPSA) is 79.6 Å². The van der Waals surface area contributed by atoms with E-state index in [0.29, 0.717) is 30.5 Å². The maximum atomic E-state index is 13.1. The first kappa shape index (κ1) is 22.4. The van der Waals surface area contributed by atoms with Crippen LogP contribution in [0.15, 0.2) is 48.5 Å². The normalized spacial score (nSPS) is 18.4. The minimum Gasteiger partial charge on any atom is -0.497 e. The van der Waals surface area contributed by atoms with Crippen LogP contribution in [0.2, 0.25) is 0 Å². The molecule has 0 aromatic heterocycles. The molecule has 0 unspecified atom stereocenters. The molecule has 1 aliphatic rings. The van der Waals surface area contributed by atoms with Gasteiger partial charge in [0.1, 0.15) is 12.4 Å². The molecule has 1 saturated heterocycles. The fraction of sp³-hybridized carbons (Fsp3) is 0.400. The van der Waals surface area contributed by atoms with Gasteiger partial charge in [-0.1, -0.05) is 43.7 Å². The van der Waals surface area contributed by atoms with E-state index >= 15 is 0 Å². The number of esters is 1. The quantitative estimate of drug-likeness (QED) is 0.592. The third kappa shape index (κ3) is 5.24. The number of carbonyl (C=O) groups excluding carboxylic acids is 2. The van der Waals surface area contributed by atoms with E-state index in [1.807, 2.05) is 35.2 Å². The van der Waals surface area contributed by atoms with Crippen LogP contribution in [-0.2, 0) is 20.9 Å². The Morgan fingerprint density at radius 1 is 1.19 bits per heavy atom. The fourth-order valence-electron chi connectivity index (χ4n) is 4.02. The molecule has 0 radical (unpaired) electrons. The number of piperidine rings is 1. The molecule has 0 saturated carbocycles. The first-order valence-corrected chi connectivity index (χ1v) is 10.7. The van der Waals surface area contributed by atoms with Gasteiger partial charge in [0.2, 0.25) is 5.91 Å². The summed E-state index contributed by atoms with van der Waals surface area (Å²) in [5.74, 6) is -0.0221. The van der Waals surface area contributed by atoms with Gasteiger partial charge in [-0.05, 0) is 36.6 Å². The van der Waals surface area contributed by atoms with Crippen molar-refractivity contribution in [3.63, 3.8) is 0 Å². The van der Waals surface area contributed by atoms with Gasteiger partial charge in [0.05, 0.1) is 30.7 Å². The molecule has 0 bridgehead atoms. The van der Waals surface area contributed by atoms with Gasteiger partial charge in [0.25, 0.3) is 0 Å². The molecular weight excluding hydrogens is 392 g/mol. The number of carbonyl (C=O) groups is 2. The molecule has 1 heterocycles. The number of hydrogen-bond donors (Lipinski definition) is 0. The van der Waals surface area contributed by atoms with Crippen molar-refractivity contribution in [2.45, 2.75) is 45.3 Å². The molecule has 0 spiro atoms. The Labute approximate surface area is 183 Å². The first-order chi connectivity index (χ1) is 15.1. The molecule has 162 valence electrons. The summed E-state index contributed by atoms with van der Waals surface area (Å²) in [4.78, 5) is 27.7. The smallest absolute Gasteiger partial charge is 0.311 e. The second-order valence-electron chi connectivity index (χ2n) is 7.68. The summed E-state index contributed by atoms with van der Waals surface area (Å²) < 4.78 is 10.9. The molecule has 3 rings (SSSR count). The van der Waals surface area contributed by atoms with E-state index < -0.39 is 5.92 Å². The van der Waals surface area contributed by atoms with Crippen LogP contribution in [0.25, 0.3) is 0 Å². The van der Waals surface area contributed by atoms with Crippen molar-refractivity contribution in [3.8, 4) is 11.8 Å². The van der Waals surface area contributed by atoms with Crippen molar-refractivity contribution in [3.05, 3.63) is 65.2 Å². The zero-order valence-corrected chi connectivity index (χ0v) is 18.0. The highest BCUT2D eigenvalue weighted by atomic mass is 16.5. The van der Waals surface area contributed by atoms with Gasteiger partial charge in [-0.2, -0.15) is 5.26 Å². The summed E-state index contributed by atoms with van der Waals surface area (Å²) in [5.41, 5.74) is 2.06. The van der Waals surface area contributed by atoms with E-state index in [1.165, 1.54) is 0 Å². The Morgan fingerprint density at radius 2 is 1.94 bits per heavy atom. The molecule has 1 amide bonds. The largest absolute Gasteiger partial charge is 0.497 e. The van der Waals surface area contributed by atoms with Gasteiger partial charge in [-0.25, -0.2) is 0 Å². The zero-order chi connectivity index (χ0) is 22.2. The first-order valence-electron chi connectivity index (χ1n) is 10.7. The molecule has 2 aromatic rings. The summed E-state index contributed by atoms with van der Waals surface area (Å²) in [7, 11) is 1.60. The fourth-order valence-corrected chi connectivity index (χ4v) is 4.02. The van der Waals surface area contributed by atoms with Crippen LogP contribution in [0.1, 0.15) is 55.3 Å². The van der Waals surface area contributed by atoms with Gasteiger partial charge < -0.3 is 14.4 Å². The summed E-state index contributed by atoms with van der Waals surface area (Å²) in [5, 5.41) is 9.27. The molecule has 2 atom stereocenters. The SMILES string of the molecule is CCCCN1C(=O)CC[C@@H](C(=O)OCc2ccccc2C#N)[C@H]1c1ccc(OC)cc1. The van der Waals surface area contributed by atoms with Gasteiger partial charge in [0, 0.05) is 18.5 Å². The van der Waals surface area contributed by atoms with Crippen molar-refractivity contribution in [1.82, 2.24) is 4.90 Å². The zero-order valence-electron chi connectivity index (χ0n) is 18.0. The second kappa shape index (κ2) is 10.6. The predicted octanol–water partition coefficient (Wildman–Crippen LogP) is 4.39. The maximum Gasteiger partial charge on any atom is 0.311 e. The highest BCUT2D eigenvalue weighted by molar-refractivity contribution is 5.82. The summed E-state index contributed by atoms with van der Waals surface area (Å²) in [6, 6.07) is 16.3. The third-order valence-corrected chi connectivity index (χ3v) is 5.73. The van der Waals surface area contributed by atoms with Crippen LogP contribution in [0.3, 0.4) is 0 Å². The van der Waals surface area contributed by atoms with E-state index in [4.69, 9.17) is 9.47 Å². The molecule has 0 aliphatic carbocycles. The van der Waals surface area contributed by atoms with Crippen LogP contribution in [0.5, 0.6) is 5.75 Å². The van der Waals surface area contributed by atoms with Crippen molar-refractivity contribution < 1.29 is 19.1 Å². The van der Waals surface area contributed by atoms with Crippen molar-refractivity contribution in [1.29, 1.82) is 5.26 Å². The second-order valence-corrected chi connectivity index (χ2v) is 7.68. The molecule has 0 N–H and O–H groups in total. The lowest BCUT2D eigenvalue weighted by Gasteiger charge is -2.40. The summed E-state index contributed by atoms with van der Waals surface area (Å²) in [6.45, 7) is 2.72. The number of amides is 1.